The molecule has 0 spiro atoms. The van der Waals surface area contributed by atoms with Crippen LogP contribution in [0.5, 0.6) is 0 Å². The third-order valence-corrected chi connectivity index (χ3v) is 3.99. The van der Waals surface area contributed by atoms with Crippen molar-refractivity contribution < 1.29 is 9.32 Å². The van der Waals surface area contributed by atoms with Gasteiger partial charge >= 0.3 is 0 Å². The van der Waals surface area contributed by atoms with E-state index >= 15 is 0 Å². The minimum absolute atomic E-state index is 0.102. The third-order valence-electron chi connectivity index (χ3n) is 3.99. The molecule has 1 fully saturated rings. The lowest BCUT2D eigenvalue weighted by atomic mass is 10.2. The molecular formula is C16H21N3O2. The number of likely N-dealkylation sites (N-methyl/N-ethyl adjacent to an activating group) is 1. The van der Waals surface area contributed by atoms with Crippen LogP contribution < -0.4 is 0 Å². The first kappa shape index (κ1) is 13.9. The van der Waals surface area contributed by atoms with E-state index in [1.165, 1.54) is 12.8 Å². The third kappa shape index (κ3) is 3.01. The number of carbonyl (C=O) groups is 1. The number of amides is 1. The summed E-state index contributed by atoms with van der Waals surface area (Å²) >= 11 is 0. The molecule has 0 aliphatic heterocycles. The van der Waals surface area contributed by atoms with E-state index in [-0.39, 0.29) is 11.9 Å². The van der Waals surface area contributed by atoms with Crippen LogP contribution >= 0.6 is 0 Å². The Kier molecular flexibility index (Phi) is 3.82. The van der Waals surface area contributed by atoms with Gasteiger partial charge in [-0.25, -0.2) is 0 Å². The Labute approximate surface area is 124 Å². The fraction of sp³-hybridized carbons (Fsp3) is 0.500. The maximum atomic E-state index is 12.6. The van der Waals surface area contributed by atoms with Crippen LogP contribution in [-0.4, -0.2) is 27.6 Å². The highest BCUT2D eigenvalue weighted by Gasteiger charge is 2.28. The van der Waals surface area contributed by atoms with E-state index in [0.29, 0.717) is 12.5 Å². The zero-order valence-corrected chi connectivity index (χ0v) is 12.5. The summed E-state index contributed by atoms with van der Waals surface area (Å²) in [6.45, 7) is 2.52. The van der Waals surface area contributed by atoms with Gasteiger partial charge in [-0.1, -0.05) is 12.1 Å². The van der Waals surface area contributed by atoms with Gasteiger partial charge in [0.25, 0.3) is 0 Å². The number of aromatic nitrogens is 2. The zero-order chi connectivity index (χ0) is 14.8. The van der Waals surface area contributed by atoms with Crippen molar-refractivity contribution in [2.24, 2.45) is 0 Å². The van der Waals surface area contributed by atoms with Gasteiger partial charge < -0.3 is 14.0 Å². The molecule has 21 heavy (non-hydrogen) atoms. The second kappa shape index (κ2) is 5.76. The molecule has 0 saturated heterocycles. The standard InChI is InChI=1S/C16H21N3O2/c1-3-14(19-8-4-5-9-19)16(20)18(2)11-13-10-15(21-17-13)12-6-7-12/h4-5,8-10,12,14H,3,6-7,11H2,1-2H3. The summed E-state index contributed by atoms with van der Waals surface area (Å²) in [5.41, 5.74) is 0.829. The minimum atomic E-state index is -0.153. The smallest absolute Gasteiger partial charge is 0.245 e. The van der Waals surface area contributed by atoms with E-state index in [1.54, 1.807) is 4.90 Å². The highest BCUT2D eigenvalue weighted by atomic mass is 16.5. The van der Waals surface area contributed by atoms with Crippen molar-refractivity contribution in [1.82, 2.24) is 14.6 Å². The molecule has 1 amide bonds. The highest BCUT2D eigenvalue weighted by Crippen LogP contribution is 2.40. The van der Waals surface area contributed by atoms with Gasteiger partial charge in [-0.05, 0) is 31.4 Å². The fourth-order valence-corrected chi connectivity index (χ4v) is 2.61. The molecule has 0 radical (unpaired) electrons. The number of carbonyl (C=O) groups excluding carboxylic acids is 1. The van der Waals surface area contributed by atoms with Crippen LogP contribution in [-0.2, 0) is 11.3 Å². The lowest BCUT2D eigenvalue weighted by molar-refractivity contribution is -0.134. The zero-order valence-electron chi connectivity index (χ0n) is 12.5. The lowest BCUT2D eigenvalue weighted by Gasteiger charge is -2.23. The summed E-state index contributed by atoms with van der Waals surface area (Å²) in [5, 5.41) is 4.07. The van der Waals surface area contributed by atoms with Crippen molar-refractivity contribution in [3.8, 4) is 0 Å². The first-order valence-corrected chi connectivity index (χ1v) is 7.52. The Bertz CT molecular complexity index is 599. The van der Waals surface area contributed by atoms with Gasteiger partial charge in [-0.2, -0.15) is 0 Å². The van der Waals surface area contributed by atoms with E-state index in [4.69, 9.17) is 4.52 Å². The number of nitrogens with zero attached hydrogens (tertiary/aromatic N) is 3. The Morgan fingerprint density at radius 3 is 2.81 bits per heavy atom. The molecule has 0 aromatic carbocycles. The average Bonchev–Trinajstić information content (AvgIpc) is 3.00. The second-order valence-electron chi connectivity index (χ2n) is 5.74. The van der Waals surface area contributed by atoms with Crippen LogP contribution in [0.25, 0.3) is 0 Å². The van der Waals surface area contributed by atoms with Crippen LogP contribution in [0.15, 0.2) is 35.1 Å². The Hall–Kier alpha value is -2.04. The molecule has 112 valence electrons. The van der Waals surface area contributed by atoms with E-state index in [2.05, 4.69) is 5.16 Å². The van der Waals surface area contributed by atoms with Crippen molar-refractivity contribution in [3.05, 3.63) is 42.0 Å². The molecule has 1 atom stereocenters. The first-order chi connectivity index (χ1) is 10.2. The number of rotatable bonds is 6. The Balaban J connectivity index is 1.65. The van der Waals surface area contributed by atoms with Crippen LogP contribution in [0.1, 0.15) is 49.6 Å². The van der Waals surface area contributed by atoms with Gasteiger partial charge in [-0.15, -0.1) is 0 Å². The van der Waals surface area contributed by atoms with Gasteiger partial charge in [-0.3, -0.25) is 4.79 Å². The molecular weight excluding hydrogens is 266 g/mol. The van der Waals surface area contributed by atoms with Gasteiger partial charge in [0, 0.05) is 31.4 Å². The summed E-state index contributed by atoms with van der Waals surface area (Å²) in [6, 6.07) is 5.71. The number of hydrogen-bond donors (Lipinski definition) is 0. The Morgan fingerprint density at radius 2 is 2.19 bits per heavy atom. The summed E-state index contributed by atoms with van der Waals surface area (Å²) < 4.78 is 7.29. The molecule has 3 rings (SSSR count). The average molecular weight is 287 g/mol. The van der Waals surface area contributed by atoms with E-state index in [0.717, 1.165) is 17.9 Å². The Morgan fingerprint density at radius 1 is 1.48 bits per heavy atom. The maximum absolute atomic E-state index is 12.6. The molecule has 1 saturated carbocycles. The van der Waals surface area contributed by atoms with Crippen molar-refractivity contribution >= 4 is 5.91 Å². The molecule has 1 aliphatic carbocycles. The maximum Gasteiger partial charge on any atom is 0.245 e. The molecule has 2 heterocycles. The van der Waals surface area contributed by atoms with Crippen molar-refractivity contribution in [3.63, 3.8) is 0 Å². The van der Waals surface area contributed by atoms with Gasteiger partial charge in [0.1, 0.15) is 17.5 Å². The molecule has 1 unspecified atom stereocenters. The normalized spacial score (nSPS) is 15.9. The lowest BCUT2D eigenvalue weighted by Crippen LogP contribution is -2.33. The molecule has 5 nitrogen and oxygen atoms in total. The highest BCUT2D eigenvalue weighted by molar-refractivity contribution is 5.80. The molecule has 0 bridgehead atoms. The first-order valence-electron chi connectivity index (χ1n) is 7.52. The predicted octanol–water partition coefficient (Wildman–Crippen LogP) is 2.96. The molecule has 2 aromatic heterocycles. The van der Waals surface area contributed by atoms with Crippen molar-refractivity contribution in [2.75, 3.05) is 7.05 Å². The minimum Gasteiger partial charge on any atom is -0.361 e. The van der Waals surface area contributed by atoms with Crippen molar-refractivity contribution in [2.45, 2.75) is 44.7 Å². The van der Waals surface area contributed by atoms with Gasteiger partial charge in [0.05, 0.1) is 6.54 Å². The van der Waals surface area contributed by atoms with Crippen LogP contribution in [0.4, 0.5) is 0 Å². The van der Waals surface area contributed by atoms with Gasteiger partial charge in [0.15, 0.2) is 0 Å². The molecule has 0 N–H and O–H groups in total. The van der Waals surface area contributed by atoms with Crippen LogP contribution in [0.2, 0.25) is 0 Å². The quantitative estimate of drug-likeness (QED) is 0.820. The van der Waals surface area contributed by atoms with Crippen LogP contribution in [0, 0.1) is 0 Å². The van der Waals surface area contributed by atoms with Gasteiger partial charge in [0.2, 0.25) is 5.91 Å². The molecule has 1 aliphatic rings. The summed E-state index contributed by atoms with van der Waals surface area (Å²) in [6.07, 6.45) is 7.01. The van der Waals surface area contributed by atoms with Crippen LogP contribution in [0.3, 0.4) is 0 Å². The summed E-state index contributed by atoms with van der Waals surface area (Å²) in [7, 11) is 1.82. The number of hydrogen-bond acceptors (Lipinski definition) is 3. The predicted molar refractivity (Wildman–Crippen MR) is 78.7 cm³/mol. The topological polar surface area (TPSA) is 51.3 Å². The van der Waals surface area contributed by atoms with E-state index < -0.39 is 0 Å². The largest absolute Gasteiger partial charge is 0.361 e. The van der Waals surface area contributed by atoms with Crippen molar-refractivity contribution in [1.29, 1.82) is 0 Å². The van der Waals surface area contributed by atoms with E-state index in [9.17, 15) is 4.79 Å². The second-order valence-corrected chi connectivity index (χ2v) is 5.74. The summed E-state index contributed by atoms with van der Waals surface area (Å²) in [5.74, 6) is 1.61. The SMILES string of the molecule is CCC(C(=O)N(C)Cc1cc(C2CC2)on1)n1cccc1. The molecule has 5 heteroatoms. The van der Waals surface area contributed by atoms with E-state index in [1.807, 2.05) is 49.1 Å². The fourth-order valence-electron chi connectivity index (χ4n) is 2.61. The monoisotopic (exact) mass is 287 g/mol. The molecule has 2 aromatic rings. The summed E-state index contributed by atoms with van der Waals surface area (Å²) in [4.78, 5) is 14.3.